The van der Waals surface area contributed by atoms with E-state index in [2.05, 4.69) is 164 Å². The molecule has 0 saturated carbocycles. The normalized spacial score (nSPS) is 11.6. The van der Waals surface area contributed by atoms with Crippen LogP contribution in [0.2, 0.25) is 0 Å². The standard InChI is InChI=1S/C50H29N5/c1-52-35-23-26-48-43(29-35)41-16-5-8-19-46(41)53(48)36-12-10-11-32(27-36)33-21-22-34(31-51)49(28-33)55-47-20-9-4-15-40(47)42-25-24-37(30-50(42)55)54-44-17-6-2-13-38(44)39-14-3-7-18-45(39)54/h2-30H. The maximum absolute atomic E-state index is 10.6. The van der Waals surface area contributed by atoms with E-state index >= 15 is 0 Å². The van der Waals surface area contributed by atoms with Crippen LogP contribution in [0.15, 0.2) is 176 Å². The van der Waals surface area contributed by atoms with Crippen molar-refractivity contribution in [1.29, 1.82) is 5.26 Å². The molecule has 5 heteroatoms. The minimum atomic E-state index is 0.600. The van der Waals surface area contributed by atoms with Crippen molar-refractivity contribution in [2.45, 2.75) is 0 Å². The zero-order chi connectivity index (χ0) is 36.6. The Kier molecular flexibility index (Phi) is 6.61. The third-order valence-corrected chi connectivity index (χ3v) is 11.1. The van der Waals surface area contributed by atoms with Gasteiger partial charge in [-0.2, -0.15) is 5.26 Å². The van der Waals surface area contributed by atoms with Crippen LogP contribution in [0.3, 0.4) is 0 Å². The smallest absolute Gasteiger partial charge is 0.188 e. The summed E-state index contributed by atoms with van der Waals surface area (Å²) in [4.78, 5) is 3.70. The lowest BCUT2D eigenvalue weighted by Gasteiger charge is -2.15. The maximum atomic E-state index is 10.6. The van der Waals surface area contributed by atoms with Crippen LogP contribution in [0.4, 0.5) is 5.69 Å². The molecule has 8 aromatic carbocycles. The third kappa shape index (κ3) is 4.51. The predicted molar refractivity (Wildman–Crippen MR) is 226 cm³/mol. The summed E-state index contributed by atoms with van der Waals surface area (Å²) < 4.78 is 6.88. The SMILES string of the molecule is [C-]#[N+]c1ccc2c(c1)c1ccccc1n2-c1cccc(-c2ccc(C#N)c(-n3c4ccccc4c4ccc(-n5c6ccccc6c6ccccc65)cc43)c2)c1. The van der Waals surface area contributed by atoms with Gasteiger partial charge in [-0.1, -0.05) is 103 Å². The molecule has 0 aliphatic heterocycles. The molecule has 0 bridgehead atoms. The van der Waals surface area contributed by atoms with E-state index in [1.54, 1.807) is 0 Å². The predicted octanol–water partition coefficient (Wildman–Crippen LogP) is 13.1. The number of para-hydroxylation sites is 4. The summed E-state index contributed by atoms with van der Waals surface area (Å²) in [7, 11) is 0. The Bertz CT molecular complexity index is 3420. The van der Waals surface area contributed by atoms with Gasteiger partial charge >= 0.3 is 0 Å². The average Bonchev–Trinajstić information content (AvgIpc) is 3.88. The highest BCUT2D eigenvalue weighted by Crippen LogP contribution is 2.39. The number of benzene rings is 8. The molecule has 254 valence electrons. The van der Waals surface area contributed by atoms with E-state index in [0.717, 1.165) is 82.8 Å². The fourth-order valence-electron chi connectivity index (χ4n) is 8.68. The summed E-state index contributed by atoms with van der Waals surface area (Å²) in [5, 5.41) is 17.4. The lowest BCUT2D eigenvalue weighted by molar-refractivity contribution is 1.15. The molecule has 0 radical (unpaired) electrons. The second-order valence-electron chi connectivity index (χ2n) is 14.0. The minimum Gasteiger partial charge on any atom is -0.309 e. The van der Waals surface area contributed by atoms with Crippen molar-refractivity contribution in [3.05, 3.63) is 193 Å². The van der Waals surface area contributed by atoms with Crippen molar-refractivity contribution in [2.75, 3.05) is 0 Å². The number of aromatic nitrogens is 3. The molecule has 0 unspecified atom stereocenters. The summed E-state index contributed by atoms with van der Waals surface area (Å²) in [6, 6.07) is 63.8. The highest BCUT2D eigenvalue weighted by atomic mass is 15.0. The molecule has 0 fully saturated rings. The Morgan fingerprint density at radius 1 is 0.400 bits per heavy atom. The summed E-state index contributed by atoms with van der Waals surface area (Å²) in [6.07, 6.45) is 0. The lowest BCUT2D eigenvalue weighted by Crippen LogP contribution is -2.00. The highest BCUT2D eigenvalue weighted by Gasteiger charge is 2.19. The number of rotatable bonds is 4. The fraction of sp³-hybridized carbons (Fsp3) is 0. The van der Waals surface area contributed by atoms with Crippen molar-refractivity contribution < 1.29 is 0 Å². The molecule has 0 N–H and O–H groups in total. The zero-order valence-corrected chi connectivity index (χ0v) is 29.5. The van der Waals surface area contributed by atoms with Gasteiger partial charge in [-0.3, -0.25) is 0 Å². The molecule has 5 nitrogen and oxygen atoms in total. The van der Waals surface area contributed by atoms with E-state index in [0.29, 0.717) is 11.3 Å². The van der Waals surface area contributed by atoms with Gasteiger partial charge in [-0.15, -0.1) is 0 Å². The van der Waals surface area contributed by atoms with Crippen LogP contribution < -0.4 is 0 Å². The van der Waals surface area contributed by atoms with E-state index in [4.69, 9.17) is 6.57 Å². The zero-order valence-electron chi connectivity index (χ0n) is 29.5. The van der Waals surface area contributed by atoms with Gasteiger partial charge in [-0.25, -0.2) is 4.85 Å². The van der Waals surface area contributed by atoms with Crippen LogP contribution in [-0.4, -0.2) is 13.7 Å². The second kappa shape index (κ2) is 11.8. The van der Waals surface area contributed by atoms with Gasteiger partial charge in [0.1, 0.15) is 6.07 Å². The van der Waals surface area contributed by atoms with E-state index in [1.807, 2.05) is 36.4 Å². The summed E-state index contributed by atoms with van der Waals surface area (Å²) in [5.74, 6) is 0. The van der Waals surface area contributed by atoms with Gasteiger partial charge < -0.3 is 13.7 Å². The summed E-state index contributed by atoms with van der Waals surface area (Å²) in [5.41, 5.74) is 12.7. The third-order valence-electron chi connectivity index (χ3n) is 11.1. The van der Waals surface area contributed by atoms with Crippen molar-refractivity contribution >= 4 is 71.1 Å². The average molecular weight is 700 g/mol. The van der Waals surface area contributed by atoms with Gasteiger partial charge in [0, 0.05) is 38.3 Å². The van der Waals surface area contributed by atoms with Crippen molar-refractivity contribution in [1.82, 2.24) is 13.7 Å². The molecule has 0 aliphatic rings. The van der Waals surface area contributed by atoms with Gasteiger partial charge in [-0.05, 0) is 89.3 Å². The molecule has 11 rings (SSSR count). The molecular formula is C50H29N5. The van der Waals surface area contributed by atoms with Crippen LogP contribution in [0.1, 0.15) is 5.56 Å². The van der Waals surface area contributed by atoms with Crippen LogP contribution in [0, 0.1) is 17.9 Å². The Balaban J connectivity index is 1.12. The van der Waals surface area contributed by atoms with Gasteiger partial charge in [0.2, 0.25) is 0 Å². The van der Waals surface area contributed by atoms with E-state index in [9.17, 15) is 5.26 Å². The van der Waals surface area contributed by atoms with Gasteiger partial charge in [0.05, 0.1) is 50.9 Å². The Labute approximate surface area is 316 Å². The summed E-state index contributed by atoms with van der Waals surface area (Å²) in [6.45, 7) is 7.60. The molecule has 0 saturated heterocycles. The number of hydrogen-bond acceptors (Lipinski definition) is 1. The maximum Gasteiger partial charge on any atom is 0.188 e. The topological polar surface area (TPSA) is 42.9 Å². The Morgan fingerprint density at radius 2 is 0.927 bits per heavy atom. The van der Waals surface area contributed by atoms with Crippen LogP contribution in [0.5, 0.6) is 0 Å². The second-order valence-corrected chi connectivity index (χ2v) is 14.0. The van der Waals surface area contributed by atoms with Crippen LogP contribution in [0.25, 0.3) is 98.5 Å². The van der Waals surface area contributed by atoms with Crippen molar-refractivity contribution in [3.63, 3.8) is 0 Å². The molecule has 0 aliphatic carbocycles. The first-order valence-electron chi connectivity index (χ1n) is 18.3. The lowest BCUT2D eigenvalue weighted by atomic mass is 10.0. The van der Waals surface area contributed by atoms with E-state index < -0.39 is 0 Å². The largest absolute Gasteiger partial charge is 0.309 e. The molecule has 3 aromatic heterocycles. The van der Waals surface area contributed by atoms with Crippen LogP contribution >= 0.6 is 0 Å². The molecule has 3 heterocycles. The number of nitriles is 1. The molecule has 0 spiro atoms. The molecule has 0 amide bonds. The fourth-order valence-corrected chi connectivity index (χ4v) is 8.68. The molecule has 55 heavy (non-hydrogen) atoms. The van der Waals surface area contributed by atoms with Gasteiger partial charge in [0.15, 0.2) is 5.69 Å². The first kappa shape index (κ1) is 30.7. The van der Waals surface area contributed by atoms with E-state index in [-0.39, 0.29) is 0 Å². The monoisotopic (exact) mass is 699 g/mol. The Morgan fingerprint density at radius 3 is 1.55 bits per heavy atom. The number of nitrogens with zero attached hydrogens (tertiary/aromatic N) is 5. The number of hydrogen-bond donors (Lipinski definition) is 0. The molecule has 11 aromatic rings. The number of fused-ring (bicyclic) bond motifs is 9. The molecule has 0 atom stereocenters. The van der Waals surface area contributed by atoms with Gasteiger partial charge in [0.25, 0.3) is 0 Å². The van der Waals surface area contributed by atoms with Crippen LogP contribution in [-0.2, 0) is 0 Å². The first-order chi connectivity index (χ1) is 27.2. The molecular weight excluding hydrogens is 671 g/mol. The van der Waals surface area contributed by atoms with Crippen molar-refractivity contribution in [2.24, 2.45) is 0 Å². The van der Waals surface area contributed by atoms with E-state index in [1.165, 1.54) is 10.8 Å². The minimum absolute atomic E-state index is 0.600. The first-order valence-corrected chi connectivity index (χ1v) is 18.3. The quantitative estimate of drug-likeness (QED) is 0.169. The van der Waals surface area contributed by atoms with Crippen molar-refractivity contribution in [3.8, 4) is 34.3 Å². The highest BCUT2D eigenvalue weighted by molar-refractivity contribution is 6.13. The summed E-state index contributed by atoms with van der Waals surface area (Å²) >= 11 is 0. The Hall–Kier alpha value is -7.86.